The van der Waals surface area contributed by atoms with Crippen LogP contribution in [-0.2, 0) is 0 Å². The van der Waals surface area contributed by atoms with Crippen molar-refractivity contribution in [1.29, 1.82) is 0 Å². The number of aromatic nitrogens is 7. The lowest BCUT2D eigenvalue weighted by molar-refractivity contribution is -0.396. The average molecular weight is 238 g/mol. The number of nitro groups is 1. The highest BCUT2D eigenvalue weighted by molar-refractivity contribution is 5.27. The smallest absolute Gasteiger partial charge is 0.464 e. The molecule has 0 fully saturated rings. The van der Waals surface area contributed by atoms with Gasteiger partial charge in [0, 0.05) is 10.0 Å². The van der Waals surface area contributed by atoms with E-state index in [-0.39, 0.29) is 4.85 Å². The molecule has 0 N–H and O–H groups in total. The van der Waals surface area contributed by atoms with Gasteiger partial charge >= 0.3 is 17.8 Å². The van der Waals surface area contributed by atoms with Crippen molar-refractivity contribution in [2.75, 3.05) is 0 Å². The molecule has 0 aliphatic heterocycles. The van der Waals surface area contributed by atoms with Crippen LogP contribution in [0.5, 0.6) is 0 Å². The van der Waals surface area contributed by atoms with Crippen molar-refractivity contribution in [2.24, 2.45) is 5.11 Å². The first-order valence-corrected chi connectivity index (χ1v) is 3.76. The van der Waals surface area contributed by atoms with Crippen LogP contribution in [0.1, 0.15) is 0 Å². The second kappa shape index (κ2) is 3.70. The summed E-state index contributed by atoms with van der Waals surface area (Å²) < 4.78 is 0.455. The number of nitrogens with zero attached hydrogens (tertiary/aromatic N) is 11. The highest BCUT2D eigenvalue weighted by atomic mass is 16.6. The standard InChI is InChI=1S/C3N11O3/c4-9-6-1-5-2(14(16)17)12(8-1)3-7-10-11-13(3)15/q-1. The van der Waals surface area contributed by atoms with Gasteiger partial charge in [-0.25, -0.2) is 4.85 Å². The molecule has 0 atom stereocenters. The van der Waals surface area contributed by atoms with Crippen LogP contribution in [0.4, 0.5) is 11.9 Å². The molecule has 2 aromatic rings. The van der Waals surface area contributed by atoms with Gasteiger partial charge in [-0.2, -0.15) is 0 Å². The van der Waals surface area contributed by atoms with E-state index < -0.39 is 22.8 Å². The minimum atomic E-state index is -0.932. The second-order valence-corrected chi connectivity index (χ2v) is 2.42. The van der Waals surface area contributed by atoms with E-state index >= 15 is 0 Å². The van der Waals surface area contributed by atoms with E-state index in [4.69, 9.17) is 5.53 Å². The van der Waals surface area contributed by atoms with Crippen LogP contribution in [0.2, 0.25) is 0 Å². The molecule has 86 valence electrons. The maximum absolute atomic E-state index is 11.0. The lowest BCUT2D eigenvalue weighted by Gasteiger charge is -2.01. The van der Waals surface area contributed by atoms with Gasteiger partial charge in [0.25, 0.3) is 0 Å². The van der Waals surface area contributed by atoms with E-state index in [1.165, 1.54) is 0 Å². The summed E-state index contributed by atoms with van der Waals surface area (Å²) >= 11 is 0. The molecule has 0 radical (unpaired) electrons. The number of hydrogen-bond acceptors (Lipinski definition) is 9. The molecule has 2 aromatic heterocycles. The lowest BCUT2D eigenvalue weighted by Crippen LogP contribution is -2.08. The molecule has 0 saturated heterocycles. The largest absolute Gasteiger partial charge is 0.786 e. The predicted octanol–water partition coefficient (Wildman–Crippen LogP) is -0.550. The SMILES string of the molecule is [N-]=[N+]=Nc1nc([N+](=O)[O-])n(-c2nnnn2[O-])n1. The Morgan fingerprint density at radius 1 is 1.53 bits per heavy atom. The average Bonchev–Trinajstić information content (AvgIpc) is 2.84. The molecule has 0 aromatic carbocycles. The van der Waals surface area contributed by atoms with E-state index in [0.717, 1.165) is 0 Å². The predicted molar refractivity (Wildman–Crippen MR) is 47.0 cm³/mol. The molecular formula is C3N11O3-. The molecule has 14 heteroatoms. The van der Waals surface area contributed by atoms with Crippen molar-refractivity contribution in [3.8, 4) is 5.95 Å². The van der Waals surface area contributed by atoms with Gasteiger partial charge in [0.15, 0.2) is 0 Å². The molecule has 0 saturated carbocycles. The zero-order valence-electron chi connectivity index (χ0n) is 7.64. The highest BCUT2D eigenvalue weighted by Crippen LogP contribution is 2.17. The summed E-state index contributed by atoms with van der Waals surface area (Å²) in [5.41, 5.74) is 8.14. The molecule has 14 nitrogen and oxygen atoms in total. The van der Waals surface area contributed by atoms with Crippen LogP contribution < -0.4 is 0 Å². The van der Waals surface area contributed by atoms with Crippen LogP contribution >= 0.6 is 0 Å². The Bertz CT molecular complexity index is 618. The Labute approximate surface area is 89.8 Å². The van der Waals surface area contributed by atoms with E-state index in [1.54, 1.807) is 0 Å². The van der Waals surface area contributed by atoms with E-state index in [0.29, 0.717) is 4.68 Å². The monoisotopic (exact) mass is 238 g/mol. The summed E-state index contributed by atoms with van der Waals surface area (Å²) in [6.07, 6.45) is 0. The molecule has 0 aliphatic carbocycles. The van der Waals surface area contributed by atoms with Crippen molar-refractivity contribution >= 4 is 11.9 Å². The Morgan fingerprint density at radius 2 is 2.29 bits per heavy atom. The first kappa shape index (κ1) is 10.2. The van der Waals surface area contributed by atoms with Crippen molar-refractivity contribution in [1.82, 2.24) is 35.1 Å². The Balaban J connectivity index is 2.63. The minimum Gasteiger partial charge on any atom is -0.786 e. The molecule has 0 amide bonds. The molecule has 0 bridgehead atoms. The summed E-state index contributed by atoms with van der Waals surface area (Å²) in [6, 6.07) is 0. The summed E-state index contributed by atoms with van der Waals surface area (Å²) in [4.78, 5) is 15.2. The minimum absolute atomic E-state index is 0.0957. The van der Waals surface area contributed by atoms with Gasteiger partial charge in [-0.15, -0.1) is 0 Å². The van der Waals surface area contributed by atoms with Gasteiger partial charge in [-0.3, -0.25) is 0 Å². The number of hydrogen-bond donors (Lipinski definition) is 0. The third kappa shape index (κ3) is 1.65. The van der Waals surface area contributed by atoms with Crippen LogP contribution in [0.3, 0.4) is 0 Å². The molecular weight excluding hydrogens is 238 g/mol. The summed E-state index contributed by atoms with van der Waals surface area (Å²) in [5, 5.41) is 37.1. The zero-order chi connectivity index (χ0) is 12.4. The van der Waals surface area contributed by atoms with Gasteiger partial charge in [0.2, 0.25) is 0 Å². The Morgan fingerprint density at radius 3 is 2.82 bits per heavy atom. The van der Waals surface area contributed by atoms with Gasteiger partial charge in [-0.1, -0.05) is 14.9 Å². The molecule has 17 heavy (non-hydrogen) atoms. The van der Waals surface area contributed by atoms with Gasteiger partial charge in [-0.05, 0) is 25.9 Å². The fourth-order valence-electron chi connectivity index (χ4n) is 0.926. The summed E-state index contributed by atoms with van der Waals surface area (Å²) in [7, 11) is 0. The number of rotatable bonds is 3. The zero-order valence-corrected chi connectivity index (χ0v) is 7.64. The maximum atomic E-state index is 11.0. The van der Waals surface area contributed by atoms with E-state index in [2.05, 4.69) is 35.6 Å². The molecule has 2 heterocycles. The van der Waals surface area contributed by atoms with Crippen molar-refractivity contribution in [2.45, 2.75) is 0 Å². The van der Waals surface area contributed by atoms with E-state index in [1.807, 2.05) is 0 Å². The quantitative estimate of drug-likeness (QED) is 0.223. The van der Waals surface area contributed by atoms with Gasteiger partial charge in [0.05, 0.1) is 0 Å². The summed E-state index contributed by atoms with van der Waals surface area (Å²) in [6.45, 7) is 0. The topological polar surface area (TPSA) is 189 Å². The van der Waals surface area contributed by atoms with Crippen LogP contribution in [0, 0.1) is 15.3 Å². The molecule has 0 unspecified atom stereocenters. The summed E-state index contributed by atoms with van der Waals surface area (Å²) in [5.74, 6) is -1.95. The number of tetrazole rings is 1. The first-order valence-electron chi connectivity index (χ1n) is 3.76. The fraction of sp³-hybridized carbons (Fsp3) is 0. The Kier molecular flexibility index (Phi) is 2.23. The van der Waals surface area contributed by atoms with Crippen LogP contribution in [-0.4, -0.2) is 40.1 Å². The van der Waals surface area contributed by atoms with Crippen molar-refractivity contribution in [3.05, 3.63) is 25.8 Å². The lowest BCUT2D eigenvalue weighted by atomic mass is 10.9. The first-order chi connectivity index (χ1) is 8.13. The maximum Gasteiger partial charge on any atom is 0.464 e. The van der Waals surface area contributed by atoms with Crippen LogP contribution in [0.15, 0.2) is 5.11 Å². The molecule has 0 spiro atoms. The molecule has 2 rings (SSSR count). The van der Waals surface area contributed by atoms with Crippen LogP contribution in [0.25, 0.3) is 16.4 Å². The Hall–Kier alpha value is -3.28. The van der Waals surface area contributed by atoms with E-state index in [9.17, 15) is 15.3 Å². The fourth-order valence-corrected chi connectivity index (χ4v) is 0.926. The van der Waals surface area contributed by atoms with Gasteiger partial charge in [0.1, 0.15) is 0 Å². The van der Waals surface area contributed by atoms with Gasteiger partial charge < -0.3 is 15.3 Å². The third-order valence-corrected chi connectivity index (χ3v) is 1.49. The van der Waals surface area contributed by atoms with Crippen molar-refractivity contribution in [3.63, 3.8) is 0 Å². The normalized spacial score (nSPS) is 9.88. The second-order valence-electron chi connectivity index (χ2n) is 2.42. The highest BCUT2D eigenvalue weighted by Gasteiger charge is 2.25. The third-order valence-electron chi connectivity index (χ3n) is 1.49. The van der Waals surface area contributed by atoms with Crippen molar-refractivity contribution < 1.29 is 4.92 Å². The molecule has 0 aliphatic rings. The number of azide groups is 1.